The average Bonchev–Trinajstić information content (AvgIpc) is 1.99. The summed E-state index contributed by atoms with van der Waals surface area (Å²) in [7, 11) is 0. The van der Waals surface area contributed by atoms with Gasteiger partial charge in [0.25, 0.3) is 0 Å². The van der Waals surface area contributed by atoms with Crippen LogP contribution < -0.4 is 5.73 Å². The van der Waals surface area contributed by atoms with Gasteiger partial charge in [-0.25, -0.2) is 0 Å². The number of carbonyl (C=O) groups excluding carboxylic acids is 1. The van der Waals surface area contributed by atoms with Crippen LogP contribution in [0.15, 0.2) is 0 Å². The smallest absolute Gasteiger partial charge is 0.154 e. The number of ketones is 1. The Kier molecular flexibility index (Phi) is 2.82. The number of carbonyl (C=O) groups is 1. The second-order valence-corrected chi connectivity index (χ2v) is 3.56. The van der Waals surface area contributed by atoms with Gasteiger partial charge in [-0.05, 0) is 12.8 Å². The minimum atomic E-state index is -1.34. The third kappa shape index (κ3) is 1.83. The molecule has 0 aromatic rings. The van der Waals surface area contributed by atoms with E-state index in [9.17, 15) is 4.79 Å². The molecule has 4 nitrogen and oxygen atoms in total. The maximum Gasteiger partial charge on any atom is 0.154 e. The quantitative estimate of drug-likeness (QED) is 0.455. The van der Waals surface area contributed by atoms with Crippen molar-refractivity contribution in [2.24, 2.45) is 17.6 Å². The summed E-state index contributed by atoms with van der Waals surface area (Å²) >= 11 is 0. The van der Waals surface area contributed by atoms with E-state index in [0.717, 1.165) is 0 Å². The van der Waals surface area contributed by atoms with E-state index >= 15 is 0 Å². The van der Waals surface area contributed by atoms with E-state index in [-0.39, 0.29) is 17.6 Å². The minimum Gasteiger partial charge on any atom is -0.368 e. The number of rotatable bonds is 1. The highest BCUT2D eigenvalue weighted by atomic mass is 16.5. The summed E-state index contributed by atoms with van der Waals surface area (Å²) in [6.07, 6.45) is -0.419. The Morgan fingerprint density at radius 3 is 2.50 bits per heavy atom. The van der Waals surface area contributed by atoms with Gasteiger partial charge in [0.2, 0.25) is 0 Å². The SMILES string of the molecule is CC1CC(C(O)O)CC(N)C1=O. The number of hydrogen-bond acceptors (Lipinski definition) is 4. The van der Waals surface area contributed by atoms with Gasteiger partial charge in [-0.3, -0.25) is 4.79 Å². The fourth-order valence-corrected chi connectivity index (χ4v) is 1.72. The van der Waals surface area contributed by atoms with Crippen LogP contribution in [0.3, 0.4) is 0 Å². The molecule has 0 bridgehead atoms. The molecule has 4 N–H and O–H groups in total. The first-order valence-electron chi connectivity index (χ1n) is 4.17. The molecule has 0 amide bonds. The highest BCUT2D eigenvalue weighted by Gasteiger charge is 2.34. The zero-order valence-electron chi connectivity index (χ0n) is 7.10. The first-order chi connectivity index (χ1) is 5.52. The standard InChI is InChI=1S/C8H15NO3/c1-4-2-5(8(11)12)3-6(9)7(4)10/h4-6,8,11-12H,2-3,9H2,1H3. The van der Waals surface area contributed by atoms with Crippen molar-refractivity contribution in [1.29, 1.82) is 0 Å². The topological polar surface area (TPSA) is 83.6 Å². The Morgan fingerprint density at radius 2 is 2.08 bits per heavy atom. The third-order valence-electron chi connectivity index (χ3n) is 2.49. The largest absolute Gasteiger partial charge is 0.368 e. The molecule has 1 saturated carbocycles. The molecule has 1 rings (SSSR count). The third-order valence-corrected chi connectivity index (χ3v) is 2.49. The Bertz CT molecular complexity index is 167. The van der Waals surface area contributed by atoms with Crippen LogP contribution in [0.4, 0.5) is 0 Å². The predicted molar refractivity (Wildman–Crippen MR) is 43.1 cm³/mol. The summed E-state index contributed by atoms with van der Waals surface area (Å²) in [6.45, 7) is 1.77. The predicted octanol–water partition coefficient (Wildman–Crippen LogP) is -0.760. The monoisotopic (exact) mass is 173 g/mol. The zero-order chi connectivity index (χ0) is 9.30. The number of aliphatic hydroxyl groups is 2. The van der Waals surface area contributed by atoms with E-state index in [1.807, 2.05) is 0 Å². The molecule has 0 aromatic carbocycles. The molecule has 1 aliphatic carbocycles. The van der Waals surface area contributed by atoms with Crippen molar-refractivity contribution >= 4 is 5.78 Å². The molecule has 0 saturated heterocycles. The molecule has 0 aromatic heterocycles. The molecule has 3 unspecified atom stereocenters. The van der Waals surface area contributed by atoms with Gasteiger partial charge in [-0.2, -0.15) is 0 Å². The Hall–Kier alpha value is -0.450. The average molecular weight is 173 g/mol. The summed E-state index contributed by atoms with van der Waals surface area (Å²) in [6, 6.07) is -0.513. The van der Waals surface area contributed by atoms with Gasteiger partial charge in [-0.1, -0.05) is 6.92 Å². The lowest BCUT2D eigenvalue weighted by Gasteiger charge is -2.30. The molecule has 0 heterocycles. The van der Waals surface area contributed by atoms with Crippen molar-refractivity contribution in [2.45, 2.75) is 32.1 Å². The molecule has 0 aliphatic heterocycles. The van der Waals surface area contributed by atoms with E-state index in [4.69, 9.17) is 15.9 Å². The highest BCUT2D eigenvalue weighted by molar-refractivity contribution is 5.86. The fraction of sp³-hybridized carbons (Fsp3) is 0.875. The molecule has 1 aliphatic rings. The van der Waals surface area contributed by atoms with Crippen LogP contribution in [-0.2, 0) is 4.79 Å². The summed E-state index contributed by atoms with van der Waals surface area (Å²) in [5.41, 5.74) is 5.53. The Morgan fingerprint density at radius 1 is 1.50 bits per heavy atom. The van der Waals surface area contributed by atoms with Crippen LogP contribution in [0, 0.1) is 11.8 Å². The van der Waals surface area contributed by atoms with Gasteiger partial charge in [0, 0.05) is 11.8 Å². The van der Waals surface area contributed by atoms with Gasteiger partial charge in [0.15, 0.2) is 12.1 Å². The lowest BCUT2D eigenvalue weighted by molar-refractivity contribution is -0.134. The zero-order valence-corrected chi connectivity index (χ0v) is 7.10. The van der Waals surface area contributed by atoms with Crippen LogP contribution in [-0.4, -0.2) is 28.3 Å². The molecule has 3 atom stereocenters. The fourth-order valence-electron chi connectivity index (χ4n) is 1.72. The lowest BCUT2D eigenvalue weighted by atomic mass is 9.78. The van der Waals surface area contributed by atoms with E-state index in [1.54, 1.807) is 6.92 Å². The summed E-state index contributed by atoms with van der Waals surface area (Å²) in [5.74, 6) is -0.347. The van der Waals surface area contributed by atoms with Crippen molar-refractivity contribution < 1.29 is 15.0 Å². The summed E-state index contributed by atoms with van der Waals surface area (Å²) in [5, 5.41) is 17.8. The highest BCUT2D eigenvalue weighted by Crippen LogP contribution is 2.27. The van der Waals surface area contributed by atoms with E-state index in [0.29, 0.717) is 12.8 Å². The number of nitrogens with two attached hydrogens (primary N) is 1. The van der Waals surface area contributed by atoms with E-state index < -0.39 is 12.3 Å². The normalized spacial score (nSPS) is 37.4. The van der Waals surface area contributed by atoms with Gasteiger partial charge in [-0.15, -0.1) is 0 Å². The van der Waals surface area contributed by atoms with Crippen LogP contribution in [0.2, 0.25) is 0 Å². The van der Waals surface area contributed by atoms with Crippen LogP contribution in [0.5, 0.6) is 0 Å². The van der Waals surface area contributed by atoms with Crippen molar-refractivity contribution in [3.05, 3.63) is 0 Å². The molecule has 0 radical (unpaired) electrons. The molecule has 1 fully saturated rings. The lowest BCUT2D eigenvalue weighted by Crippen LogP contribution is -2.44. The van der Waals surface area contributed by atoms with E-state index in [1.165, 1.54) is 0 Å². The first kappa shape index (κ1) is 9.64. The summed E-state index contributed by atoms with van der Waals surface area (Å²) < 4.78 is 0. The van der Waals surface area contributed by atoms with Crippen LogP contribution in [0.25, 0.3) is 0 Å². The second-order valence-electron chi connectivity index (χ2n) is 3.56. The first-order valence-corrected chi connectivity index (χ1v) is 4.17. The molecule has 70 valence electrons. The van der Waals surface area contributed by atoms with Crippen molar-refractivity contribution in [3.63, 3.8) is 0 Å². The van der Waals surface area contributed by atoms with Gasteiger partial charge < -0.3 is 15.9 Å². The van der Waals surface area contributed by atoms with Crippen molar-refractivity contribution in [1.82, 2.24) is 0 Å². The van der Waals surface area contributed by atoms with Crippen LogP contribution >= 0.6 is 0 Å². The van der Waals surface area contributed by atoms with Crippen molar-refractivity contribution in [2.75, 3.05) is 0 Å². The maximum absolute atomic E-state index is 11.2. The van der Waals surface area contributed by atoms with Crippen LogP contribution in [0.1, 0.15) is 19.8 Å². The number of Topliss-reactive ketones (excluding diaryl/α,β-unsaturated/α-hetero) is 1. The Balaban J connectivity index is 2.59. The molecule has 4 heteroatoms. The molecular weight excluding hydrogens is 158 g/mol. The summed E-state index contributed by atoms with van der Waals surface area (Å²) in [4.78, 5) is 11.2. The van der Waals surface area contributed by atoms with E-state index in [2.05, 4.69) is 0 Å². The van der Waals surface area contributed by atoms with Gasteiger partial charge >= 0.3 is 0 Å². The Labute approximate surface area is 71.4 Å². The molecular formula is C8H15NO3. The minimum absolute atomic E-state index is 0.0342. The number of aliphatic hydroxyl groups excluding tert-OH is 1. The molecule has 12 heavy (non-hydrogen) atoms. The second kappa shape index (κ2) is 3.51. The molecule has 0 spiro atoms. The maximum atomic E-state index is 11.2. The van der Waals surface area contributed by atoms with Gasteiger partial charge in [0.1, 0.15) is 0 Å². The van der Waals surface area contributed by atoms with Crippen molar-refractivity contribution in [3.8, 4) is 0 Å². The van der Waals surface area contributed by atoms with Gasteiger partial charge in [0.05, 0.1) is 6.04 Å². The number of hydrogen-bond donors (Lipinski definition) is 3.